The maximum absolute atomic E-state index is 13.5. The zero-order valence-corrected chi connectivity index (χ0v) is 14.4. The van der Waals surface area contributed by atoms with Gasteiger partial charge in [0.05, 0.1) is 12.3 Å². The summed E-state index contributed by atoms with van der Waals surface area (Å²) in [5.74, 6) is -0.391. The van der Waals surface area contributed by atoms with Crippen LogP contribution in [-0.4, -0.2) is 21.2 Å². The Balaban J connectivity index is 1.40. The van der Waals surface area contributed by atoms with Crippen molar-refractivity contribution in [3.63, 3.8) is 0 Å². The van der Waals surface area contributed by atoms with E-state index in [1.807, 2.05) is 0 Å². The van der Waals surface area contributed by atoms with Crippen LogP contribution >= 0.6 is 0 Å². The number of hydrogen-bond acceptors (Lipinski definition) is 3. The van der Waals surface area contributed by atoms with E-state index in [2.05, 4.69) is 40.6 Å². The van der Waals surface area contributed by atoms with Gasteiger partial charge in [-0.3, -0.25) is 4.98 Å². The summed E-state index contributed by atoms with van der Waals surface area (Å²) in [6.07, 6.45) is 9.47. The Morgan fingerprint density at radius 1 is 1.12 bits per heavy atom. The molecule has 2 aliphatic rings. The van der Waals surface area contributed by atoms with Gasteiger partial charge in [0.2, 0.25) is 0 Å². The zero-order chi connectivity index (χ0) is 17.3. The molecule has 0 radical (unpaired) electrons. The van der Waals surface area contributed by atoms with Crippen molar-refractivity contribution >= 4 is 0 Å². The van der Waals surface area contributed by atoms with E-state index in [-0.39, 0.29) is 11.1 Å². The van der Waals surface area contributed by atoms with Crippen LogP contribution in [0.2, 0.25) is 0 Å². The fourth-order valence-corrected chi connectivity index (χ4v) is 4.78. The number of aromatic nitrogens is 1. The van der Waals surface area contributed by atoms with Crippen LogP contribution in [-0.2, 0) is 6.42 Å². The number of nitrogens with zero attached hydrogens (tertiary/aromatic N) is 1. The smallest absolute Gasteiger partial charge is 0.141 e. The van der Waals surface area contributed by atoms with Crippen molar-refractivity contribution < 1.29 is 9.50 Å². The van der Waals surface area contributed by atoms with E-state index in [4.69, 9.17) is 0 Å². The van der Waals surface area contributed by atoms with Gasteiger partial charge in [-0.15, -0.1) is 0 Å². The number of halogens is 1. The van der Waals surface area contributed by atoms with Gasteiger partial charge in [-0.05, 0) is 56.6 Å². The van der Waals surface area contributed by atoms with Crippen LogP contribution in [0.4, 0.5) is 4.39 Å². The van der Waals surface area contributed by atoms with E-state index in [1.54, 1.807) is 6.20 Å². The van der Waals surface area contributed by atoms with Crippen molar-refractivity contribution in [2.75, 3.05) is 0 Å². The van der Waals surface area contributed by atoms with Crippen LogP contribution in [0, 0.1) is 5.82 Å². The lowest BCUT2D eigenvalue weighted by molar-refractivity contribution is 0.0730. The molecule has 4 heteroatoms. The summed E-state index contributed by atoms with van der Waals surface area (Å²) in [6, 6.07) is 12.0. The van der Waals surface area contributed by atoms with E-state index in [0.29, 0.717) is 5.56 Å². The Morgan fingerprint density at radius 2 is 1.88 bits per heavy atom. The molecule has 3 heterocycles. The molecule has 2 bridgehead atoms. The first kappa shape index (κ1) is 16.7. The zero-order valence-electron chi connectivity index (χ0n) is 14.4. The van der Waals surface area contributed by atoms with Crippen LogP contribution < -0.4 is 5.32 Å². The summed E-state index contributed by atoms with van der Waals surface area (Å²) in [5.41, 5.74) is 1.78. The van der Waals surface area contributed by atoms with E-state index < -0.39 is 11.9 Å². The highest BCUT2D eigenvalue weighted by Gasteiger charge is 2.56. The molecule has 0 amide bonds. The van der Waals surface area contributed by atoms with E-state index in [0.717, 1.165) is 44.9 Å². The fourth-order valence-electron chi connectivity index (χ4n) is 4.78. The third-order valence-corrected chi connectivity index (χ3v) is 6.14. The van der Waals surface area contributed by atoms with Gasteiger partial charge >= 0.3 is 0 Å². The predicted molar refractivity (Wildman–Crippen MR) is 95.6 cm³/mol. The molecular formula is C21H25FN2O. The van der Waals surface area contributed by atoms with Crippen molar-refractivity contribution in [1.82, 2.24) is 10.3 Å². The molecule has 0 saturated carbocycles. The monoisotopic (exact) mass is 340 g/mol. The number of aliphatic hydroxyl groups is 1. The second kappa shape index (κ2) is 6.50. The topological polar surface area (TPSA) is 45.2 Å². The number of nitrogens with one attached hydrogen (secondary N) is 1. The van der Waals surface area contributed by atoms with Gasteiger partial charge in [0, 0.05) is 22.8 Å². The number of pyridine rings is 1. The minimum absolute atomic E-state index is 0.135. The maximum atomic E-state index is 13.5. The second-order valence-corrected chi connectivity index (χ2v) is 7.74. The van der Waals surface area contributed by atoms with Gasteiger partial charge in [0.15, 0.2) is 0 Å². The average Bonchev–Trinajstić information content (AvgIpc) is 3.19. The molecule has 3 nitrogen and oxygen atoms in total. The Labute approximate surface area is 148 Å². The van der Waals surface area contributed by atoms with Gasteiger partial charge in [0.25, 0.3) is 0 Å². The van der Waals surface area contributed by atoms with Crippen molar-refractivity contribution in [2.45, 2.75) is 62.1 Å². The van der Waals surface area contributed by atoms with E-state index >= 15 is 0 Å². The molecule has 1 aromatic heterocycles. The second-order valence-electron chi connectivity index (χ2n) is 7.74. The Kier molecular flexibility index (Phi) is 4.34. The van der Waals surface area contributed by atoms with E-state index in [9.17, 15) is 9.50 Å². The molecule has 2 fully saturated rings. The molecule has 132 valence electrons. The lowest BCUT2D eigenvalue weighted by atomic mass is 9.76. The minimum atomic E-state index is -0.700. The molecule has 2 aliphatic heterocycles. The van der Waals surface area contributed by atoms with Crippen molar-refractivity contribution in [3.05, 3.63) is 65.7 Å². The number of benzene rings is 1. The summed E-state index contributed by atoms with van der Waals surface area (Å²) in [6.45, 7) is 0. The van der Waals surface area contributed by atoms with Crippen molar-refractivity contribution in [1.29, 1.82) is 0 Å². The average molecular weight is 340 g/mol. The molecule has 0 spiro atoms. The van der Waals surface area contributed by atoms with Gasteiger partial charge in [-0.25, -0.2) is 4.39 Å². The SMILES string of the molecule is O[C@@H](c1cncc(F)c1)C12CCC(CCCc3ccccc3)(CC1)N2. The van der Waals surface area contributed by atoms with Gasteiger partial charge in [-0.1, -0.05) is 30.3 Å². The van der Waals surface area contributed by atoms with Crippen molar-refractivity contribution in [2.24, 2.45) is 0 Å². The summed E-state index contributed by atoms with van der Waals surface area (Å²) in [7, 11) is 0. The normalized spacial score (nSPS) is 29.0. The summed E-state index contributed by atoms with van der Waals surface area (Å²) < 4.78 is 13.5. The molecule has 0 aliphatic carbocycles. The van der Waals surface area contributed by atoms with Crippen LogP contribution in [0.15, 0.2) is 48.8 Å². The Bertz CT molecular complexity index is 726. The Morgan fingerprint density at radius 3 is 2.60 bits per heavy atom. The lowest BCUT2D eigenvalue weighted by Gasteiger charge is -2.32. The number of hydrogen-bond donors (Lipinski definition) is 2. The molecule has 2 aromatic rings. The number of aliphatic hydroxyl groups excluding tert-OH is 1. The summed E-state index contributed by atoms with van der Waals surface area (Å²) >= 11 is 0. The first-order chi connectivity index (χ1) is 12.1. The standard InChI is InChI=1S/C21H25FN2O/c22-18-13-17(14-23-15-18)19(25)21-11-9-20(24-21,10-12-21)8-4-7-16-5-2-1-3-6-16/h1-3,5-6,13-15,19,24-25H,4,7-12H2/t19-,20?,21?/m0/s1. The Hall–Kier alpha value is -1.78. The molecule has 4 rings (SSSR count). The van der Waals surface area contributed by atoms with E-state index in [1.165, 1.54) is 17.8 Å². The predicted octanol–water partition coefficient (Wildman–Crippen LogP) is 3.93. The van der Waals surface area contributed by atoms with Crippen LogP contribution in [0.25, 0.3) is 0 Å². The summed E-state index contributed by atoms with van der Waals surface area (Å²) in [5, 5.41) is 14.6. The lowest BCUT2D eigenvalue weighted by Crippen LogP contribution is -2.46. The molecule has 1 aromatic carbocycles. The molecule has 2 N–H and O–H groups in total. The molecule has 25 heavy (non-hydrogen) atoms. The molecule has 2 saturated heterocycles. The third-order valence-electron chi connectivity index (χ3n) is 6.14. The number of fused-ring (bicyclic) bond motifs is 2. The molecule has 1 atom stereocenters. The fraction of sp³-hybridized carbons (Fsp3) is 0.476. The number of aryl methyl sites for hydroxylation is 1. The van der Waals surface area contributed by atoms with Crippen LogP contribution in [0.5, 0.6) is 0 Å². The number of rotatable bonds is 6. The van der Waals surface area contributed by atoms with Gasteiger partial charge < -0.3 is 10.4 Å². The van der Waals surface area contributed by atoms with Gasteiger partial charge in [-0.2, -0.15) is 0 Å². The first-order valence-corrected chi connectivity index (χ1v) is 9.23. The molecular weight excluding hydrogens is 315 g/mol. The highest BCUT2D eigenvalue weighted by atomic mass is 19.1. The summed E-state index contributed by atoms with van der Waals surface area (Å²) in [4.78, 5) is 3.89. The molecule has 0 unspecified atom stereocenters. The quantitative estimate of drug-likeness (QED) is 0.837. The van der Waals surface area contributed by atoms with Gasteiger partial charge in [0.1, 0.15) is 5.82 Å². The first-order valence-electron chi connectivity index (χ1n) is 9.23. The highest BCUT2D eigenvalue weighted by molar-refractivity contribution is 5.25. The largest absolute Gasteiger partial charge is 0.386 e. The highest BCUT2D eigenvalue weighted by Crippen LogP contribution is 2.52. The maximum Gasteiger partial charge on any atom is 0.141 e. The van der Waals surface area contributed by atoms with Crippen LogP contribution in [0.3, 0.4) is 0 Å². The van der Waals surface area contributed by atoms with Crippen LogP contribution in [0.1, 0.15) is 55.8 Å². The minimum Gasteiger partial charge on any atom is -0.386 e. The van der Waals surface area contributed by atoms with Crippen molar-refractivity contribution in [3.8, 4) is 0 Å². The third kappa shape index (κ3) is 3.21.